The van der Waals surface area contributed by atoms with Crippen LogP contribution in [-0.2, 0) is 11.2 Å². The number of hydrogen-bond acceptors (Lipinski definition) is 3. The molecular formula is C17H22N4O. The number of nitrogens with one attached hydrogen (secondary N) is 2. The topological polar surface area (TPSA) is 61.0 Å². The quantitative estimate of drug-likeness (QED) is 0.826. The Hall–Kier alpha value is -1.62. The SMILES string of the molecule is O=C1NC=Cc2n[nH]c3c2C1C([C@@H]1CN2CCC1CC2)CC3. The maximum Gasteiger partial charge on any atom is 0.231 e. The fourth-order valence-corrected chi connectivity index (χ4v) is 5.33. The summed E-state index contributed by atoms with van der Waals surface area (Å²) >= 11 is 0. The Morgan fingerprint density at radius 2 is 2.05 bits per heavy atom. The van der Waals surface area contributed by atoms with Crippen LogP contribution in [0.3, 0.4) is 0 Å². The van der Waals surface area contributed by atoms with Crippen molar-refractivity contribution in [3.63, 3.8) is 0 Å². The molecule has 3 atom stereocenters. The number of nitrogens with zero attached hydrogens (tertiary/aromatic N) is 2. The highest BCUT2D eigenvalue weighted by atomic mass is 16.1. The summed E-state index contributed by atoms with van der Waals surface area (Å²) in [5.74, 6) is 2.11. The molecule has 1 aliphatic carbocycles. The molecule has 2 N–H and O–H groups in total. The number of aromatic amines is 1. The van der Waals surface area contributed by atoms with Gasteiger partial charge in [0.15, 0.2) is 0 Å². The van der Waals surface area contributed by atoms with Crippen molar-refractivity contribution in [3.05, 3.63) is 23.2 Å². The van der Waals surface area contributed by atoms with Gasteiger partial charge in [0.25, 0.3) is 0 Å². The first-order chi connectivity index (χ1) is 10.8. The zero-order chi connectivity index (χ0) is 14.7. The Morgan fingerprint density at radius 3 is 2.82 bits per heavy atom. The Balaban J connectivity index is 1.55. The molecule has 0 radical (unpaired) electrons. The van der Waals surface area contributed by atoms with Crippen molar-refractivity contribution in [2.24, 2.45) is 17.8 Å². The molecule has 5 heteroatoms. The Kier molecular flexibility index (Phi) is 2.74. The van der Waals surface area contributed by atoms with Gasteiger partial charge in [0.05, 0.1) is 11.6 Å². The monoisotopic (exact) mass is 298 g/mol. The van der Waals surface area contributed by atoms with Gasteiger partial charge in [0.1, 0.15) is 0 Å². The van der Waals surface area contributed by atoms with Gasteiger partial charge in [-0.15, -0.1) is 0 Å². The summed E-state index contributed by atoms with van der Waals surface area (Å²) in [5, 5.41) is 10.6. The van der Waals surface area contributed by atoms with Crippen molar-refractivity contribution < 1.29 is 4.79 Å². The van der Waals surface area contributed by atoms with Crippen LogP contribution in [0.25, 0.3) is 6.08 Å². The lowest BCUT2D eigenvalue weighted by molar-refractivity contribution is -0.124. The van der Waals surface area contributed by atoms with E-state index in [1.165, 1.54) is 43.7 Å². The molecule has 4 aliphatic heterocycles. The number of H-pyrrole nitrogens is 1. The van der Waals surface area contributed by atoms with Crippen molar-refractivity contribution in [3.8, 4) is 0 Å². The van der Waals surface area contributed by atoms with Crippen molar-refractivity contribution in [1.29, 1.82) is 0 Å². The van der Waals surface area contributed by atoms with E-state index in [4.69, 9.17) is 0 Å². The fourth-order valence-electron chi connectivity index (χ4n) is 5.33. The average Bonchev–Trinajstić information content (AvgIpc) is 2.90. The highest BCUT2D eigenvalue weighted by Gasteiger charge is 2.47. The average molecular weight is 298 g/mol. The summed E-state index contributed by atoms with van der Waals surface area (Å²) in [7, 11) is 0. The molecule has 116 valence electrons. The number of amides is 1. The maximum atomic E-state index is 12.7. The van der Waals surface area contributed by atoms with E-state index in [9.17, 15) is 4.79 Å². The second-order valence-corrected chi connectivity index (χ2v) is 7.33. The van der Waals surface area contributed by atoms with Gasteiger partial charge in [-0.25, -0.2) is 0 Å². The second-order valence-electron chi connectivity index (χ2n) is 7.33. The maximum absolute atomic E-state index is 12.7. The smallest absolute Gasteiger partial charge is 0.231 e. The molecule has 0 aromatic carbocycles. The van der Waals surface area contributed by atoms with E-state index in [0.29, 0.717) is 11.8 Å². The number of piperidine rings is 3. The molecule has 1 amide bonds. The standard InChI is InChI=1S/C17H22N4O/c22-17-15-11(12-9-21-7-4-10(12)5-8-21)1-2-13-16(15)14(20-19-13)3-6-18-17/h3,6,10-12,15H,1-2,4-5,7-9H2,(H,18,22)(H,19,20)/t11?,12-,15?/m1/s1. The molecule has 0 spiro atoms. The summed E-state index contributed by atoms with van der Waals surface area (Å²) in [6, 6.07) is 0. The molecule has 22 heavy (non-hydrogen) atoms. The molecule has 3 saturated heterocycles. The molecule has 5 heterocycles. The predicted octanol–water partition coefficient (Wildman–Crippen LogP) is 1.50. The number of aryl methyl sites for hydroxylation is 1. The summed E-state index contributed by atoms with van der Waals surface area (Å²) in [5.41, 5.74) is 3.32. The van der Waals surface area contributed by atoms with E-state index in [-0.39, 0.29) is 11.8 Å². The van der Waals surface area contributed by atoms with E-state index in [2.05, 4.69) is 20.4 Å². The van der Waals surface area contributed by atoms with Crippen LogP contribution >= 0.6 is 0 Å². The van der Waals surface area contributed by atoms with Gasteiger partial charge in [0.2, 0.25) is 5.91 Å². The van der Waals surface area contributed by atoms with E-state index in [0.717, 1.165) is 24.5 Å². The van der Waals surface area contributed by atoms with Crippen LogP contribution in [0.5, 0.6) is 0 Å². The van der Waals surface area contributed by atoms with Crippen LogP contribution in [-0.4, -0.2) is 40.6 Å². The zero-order valence-electron chi connectivity index (χ0n) is 12.7. The molecule has 3 fully saturated rings. The molecule has 0 saturated carbocycles. The molecule has 6 rings (SSSR count). The first-order valence-electron chi connectivity index (χ1n) is 8.57. The minimum absolute atomic E-state index is 0.0157. The van der Waals surface area contributed by atoms with Gasteiger partial charge in [-0.05, 0) is 62.6 Å². The third-order valence-electron chi connectivity index (χ3n) is 6.39. The van der Waals surface area contributed by atoms with Crippen LogP contribution in [0.15, 0.2) is 6.20 Å². The summed E-state index contributed by atoms with van der Waals surface area (Å²) < 4.78 is 0. The van der Waals surface area contributed by atoms with Gasteiger partial charge >= 0.3 is 0 Å². The predicted molar refractivity (Wildman–Crippen MR) is 83.0 cm³/mol. The van der Waals surface area contributed by atoms with Gasteiger partial charge < -0.3 is 10.2 Å². The first-order valence-corrected chi connectivity index (χ1v) is 8.57. The fraction of sp³-hybridized carbons (Fsp3) is 0.647. The first kappa shape index (κ1) is 12.9. The number of fused-ring (bicyclic) bond motifs is 3. The normalized spacial score (nSPS) is 39.3. The number of hydrogen-bond donors (Lipinski definition) is 2. The van der Waals surface area contributed by atoms with Crippen LogP contribution in [0.1, 0.15) is 42.1 Å². The molecule has 5 nitrogen and oxygen atoms in total. The number of rotatable bonds is 1. The lowest BCUT2D eigenvalue weighted by Gasteiger charge is -2.50. The van der Waals surface area contributed by atoms with Crippen molar-refractivity contribution in [2.75, 3.05) is 19.6 Å². The summed E-state index contributed by atoms with van der Waals surface area (Å²) in [6.07, 6.45) is 8.48. The van der Waals surface area contributed by atoms with E-state index in [1.807, 2.05) is 6.08 Å². The molecule has 1 aromatic rings. The third-order valence-corrected chi connectivity index (χ3v) is 6.39. The van der Waals surface area contributed by atoms with E-state index in [1.54, 1.807) is 6.20 Å². The van der Waals surface area contributed by atoms with Crippen molar-refractivity contribution in [2.45, 2.75) is 31.6 Å². The minimum Gasteiger partial charge on any atom is -0.332 e. The Bertz CT molecular complexity index is 641. The van der Waals surface area contributed by atoms with Crippen LogP contribution in [0.4, 0.5) is 0 Å². The number of carbonyl (C=O) groups is 1. The molecule has 2 bridgehead atoms. The van der Waals surface area contributed by atoms with Gasteiger partial charge in [-0.2, -0.15) is 5.10 Å². The van der Waals surface area contributed by atoms with Crippen LogP contribution in [0, 0.1) is 17.8 Å². The second kappa shape index (κ2) is 4.69. The van der Waals surface area contributed by atoms with Crippen LogP contribution < -0.4 is 5.32 Å². The lowest BCUT2D eigenvalue weighted by atomic mass is 9.63. The third kappa shape index (κ3) is 1.75. The Labute approximate surface area is 130 Å². The van der Waals surface area contributed by atoms with Crippen molar-refractivity contribution in [1.82, 2.24) is 20.4 Å². The minimum atomic E-state index is -0.0157. The number of carbonyl (C=O) groups excluding carboxylic acids is 1. The van der Waals surface area contributed by atoms with Gasteiger partial charge in [-0.1, -0.05) is 0 Å². The lowest BCUT2D eigenvalue weighted by Crippen LogP contribution is -2.52. The highest BCUT2D eigenvalue weighted by molar-refractivity contribution is 5.88. The van der Waals surface area contributed by atoms with Crippen molar-refractivity contribution >= 4 is 12.0 Å². The zero-order valence-corrected chi connectivity index (χ0v) is 12.7. The summed E-state index contributed by atoms with van der Waals surface area (Å²) in [4.78, 5) is 15.3. The van der Waals surface area contributed by atoms with E-state index < -0.39 is 0 Å². The van der Waals surface area contributed by atoms with Crippen LogP contribution in [0.2, 0.25) is 0 Å². The summed E-state index contributed by atoms with van der Waals surface area (Å²) in [6.45, 7) is 3.71. The molecule has 5 aliphatic rings. The molecule has 1 aromatic heterocycles. The molecule has 2 unspecified atom stereocenters. The van der Waals surface area contributed by atoms with Gasteiger partial charge in [-0.3, -0.25) is 9.89 Å². The highest BCUT2D eigenvalue weighted by Crippen LogP contribution is 2.48. The Morgan fingerprint density at radius 1 is 1.18 bits per heavy atom. The van der Waals surface area contributed by atoms with E-state index >= 15 is 0 Å². The largest absolute Gasteiger partial charge is 0.332 e. The van der Waals surface area contributed by atoms with Gasteiger partial charge in [0, 0.05) is 24.0 Å². The molecular weight excluding hydrogens is 276 g/mol. The number of aromatic nitrogens is 2.